The topological polar surface area (TPSA) is 54.5 Å². The van der Waals surface area contributed by atoms with Gasteiger partial charge in [-0.2, -0.15) is 0 Å². The maximum Gasteiger partial charge on any atom is 0.242 e. The molecule has 2 unspecified atom stereocenters. The third-order valence-corrected chi connectivity index (χ3v) is 5.95. The minimum Gasteiger partial charge on any atom is -0.494 e. The van der Waals surface area contributed by atoms with Gasteiger partial charge in [-0.3, -0.25) is 15.1 Å². The summed E-state index contributed by atoms with van der Waals surface area (Å²) in [6.07, 6.45) is 4.18. The Kier molecular flexibility index (Phi) is 4.83. The summed E-state index contributed by atoms with van der Waals surface area (Å²) in [6.45, 7) is 5.06. The lowest BCUT2D eigenvalue weighted by molar-refractivity contribution is -0.131. The van der Waals surface area contributed by atoms with Crippen molar-refractivity contribution in [1.29, 1.82) is 0 Å². The van der Waals surface area contributed by atoms with Crippen LogP contribution in [0.4, 0.5) is 4.39 Å². The van der Waals surface area contributed by atoms with E-state index in [-0.39, 0.29) is 17.8 Å². The van der Waals surface area contributed by atoms with Gasteiger partial charge in [-0.25, -0.2) is 4.39 Å². The number of ether oxygens (including phenoxy) is 1. The van der Waals surface area contributed by atoms with Crippen molar-refractivity contribution < 1.29 is 13.9 Å². The number of carbonyl (C=O) groups is 1. The monoisotopic (exact) mass is 383 g/mol. The molecule has 1 N–H and O–H groups in total. The largest absolute Gasteiger partial charge is 0.494 e. The van der Waals surface area contributed by atoms with E-state index >= 15 is 0 Å². The zero-order valence-corrected chi connectivity index (χ0v) is 16.6. The fraction of sp³-hybridized carbons (Fsp3) is 0.455. The van der Waals surface area contributed by atoms with Gasteiger partial charge in [-0.15, -0.1) is 0 Å². The number of aromatic nitrogens is 1. The van der Waals surface area contributed by atoms with Gasteiger partial charge >= 0.3 is 0 Å². The predicted molar refractivity (Wildman–Crippen MR) is 106 cm³/mol. The van der Waals surface area contributed by atoms with Crippen LogP contribution >= 0.6 is 0 Å². The number of likely N-dealkylation sites (tertiary alicyclic amines) is 1. The Bertz CT molecular complexity index is 917. The lowest BCUT2D eigenvalue weighted by Crippen LogP contribution is -2.47. The van der Waals surface area contributed by atoms with Crippen molar-refractivity contribution >= 4 is 5.91 Å². The maximum atomic E-state index is 14.7. The molecule has 6 heteroatoms. The van der Waals surface area contributed by atoms with E-state index in [1.54, 1.807) is 17.2 Å². The number of hydrogen-bond acceptors (Lipinski definition) is 4. The Labute approximate surface area is 164 Å². The van der Waals surface area contributed by atoms with Gasteiger partial charge < -0.3 is 9.64 Å². The SMILES string of the molecule is CCOc1cc(-c2ccnc(C3CCC4(CCN(C)C4=O)N3)c2)c(F)cc1C. The van der Waals surface area contributed by atoms with Crippen molar-refractivity contribution in [3.05, 3.63) is 47.5 Å². The van der Waals surface area contributed by atoms with Gasteiger partial charge in [0, 0.05) is 25.4 Å². The number of halogens is 1. The van der Waals surface area contributed by atoms with Crippen molar-refractivity contribution in [2.24, 2.45) is 0 Å². The maximum absolute atomic E-state index is 14.7. The third kappa shape index (κ3) is 3.15. The first-order valence-corrected chi connectivity index (χ1v) is 9.86. The fourth-order valence-corrected chi connectivity index (χ4v) is 4.38. The number of rotatable bonds is 4. The number of aryl methyl sites for hydroxylation is 1. The summed E-state index contributed by atoms with van der Waals surface area (Å²) in [5.74, 6) is 0.577. The summed E-state index contributed by atoms with van der Waals surface area (Å²) in [5, 5.41) is 3.52. The highest BCUT2D eigenvalue weighted by Crippen LogP contribution is 2.39. The molecule has 0 aliphatic carbocycles. The minimum atomic E-state index is -0.464. The van der Waals surface area contributed by atoms with E-state index in [9.17, 15) is 9.18 Å². The minimum absolute atomic E-state index is 0.00438. The van der Waals surface area contributed by atoms with Gasteiger partial charge in [0.2, 0.25) is 5.91 Å². The summed E-state index contributed by atoms with van der Waals surface area (Å²) >= 11 is 0. The summed E-state index contributed by atoms with van der Waals surface area (Å²) in [5.41, 5.74) is 2.42. The van der Waals surface area contributed by atoms with E-state index in [1.165, 1.54) is 6.07 Å². The fourth-order valence-electron chi connectivity index (χ4n) is 4.38. The second-order valence-electron chi connectivity index (χ2n) is 7.79. The molecular formula is C22H26FN3O2. The number of carbonyl (C=O) groups excluding carboxylic acids is 1. The zero-order chi connectivity index (χ0) is 19.9. The number of nitrogens with one attached hydrogen (secondary N) is 1. The van der Waals surface area contributed by atoms with Crippen LogP contribution in [0.5, 0.6) is 5.75 Å². The van der Waals surface area contributed by atoms with Crippen LogP contribution in [-0.4, -0.2) is 41.5 Å². The van der Waals surface area contributed by atoms with E-state index in [1.807, 2.05) is 33.0 Å². The number of likely N-dealkylation sites (N-methyl/N-ethyl adjacent to an activating group) is 1. The normalized spacial score (nSPS) is 24.4. The highest BCUT2D eigenvalue weighted by molar-refractivity contribution is 5.88. The number of amides is 1. The van der Waals surface area contributed by atoms with Crippen LogP contribution in [0.25, 0.3) is 11.1 Å². The van der Waals surface area contributed by atoms with Crippen LogP contribution in [0.15, 0.2) is 30.5 Å². The standard InChI is InChI=1S/C22H26FN3O2/c1-4-28-20-13-16(17(23)11-14(20)2)15-6-9-24-19(12-15)18-5-7-22(25-18)8-10-26(3)21(22)27/h6,9,11-13,18,25H,4-5,7-8,10H2,1-3H3. The molecule has 1 aromatic heterocycles. The summed E-state index contributed by atoms with van der Waals surface area (Å²) in [7, 11) is 1.85. The molecule has 0 bridgehead atoms. The Balaban J connectivity index is 1.63. The lowest BCUT2D eigenvalue weighted by atomic mass is 9.96. The van der Waals surface area contributed by atoms with E-state index in [0.29, 0.717) is 17.9 Å². The van der Waals surface area contributed by atoms with E-state index in [0.717, 1.165) is 42.6 Å². The van der Waals surface area contributed by atoms with Crippen LogP contribution < -0.4 is 10.1 Å². The molecule has 148 valence electrons. The Morgan fingerprint density at radius 2 is 2.18 bits per heavy atom. The van der Waals surface area contributed by atoms with Gasteiger partial charge in [0.25, 0.3) is 0 Å². The van der Waals surface area contributed by atoms with Crippen LogP contribution in [0.3, 0.4) is 0 Å². The lowest BCUT2D eigenvalue weighted by Gasteiger charge is -2.23. The van der Waals surface area contributed by atoms with Gasteiger partial charge in [0.05, 0.1) is 18.3 Å². The zero-order valence-electron chi connectivity index (χ0n) is 16.6. The molecule has 0 saturated carbocycles. The van der Waals surface area contributed by atoms with Crippen LogP contribution in [0.1, 0.15) is 43.5 Å². The number of hydrogen-bond donors (Lipinski definition) is 1. The van der Waals surface area contributed by atoms with E-state index < -0.39 is 5.54 Å². The molecule has 0 radical (unpaired) electrons. The van der Waals surface area contributed by atoms with Crippen molar-refractivity contribution in [3.8, 4) is 16.9 Å². The first-order chi connectivity index (χ1) is 13.4. The molecule has 2 aliphatic rings. The molecular weight excluding hydrogens is 357 g/mol. The molecule has 28 heavy (non-hydrogen) atoms. The first kappa shape index (κ1) is 18.9. The molecule has 2 aliphatic heterocycles. The smallest absolute Gasteiger partial charge is 0.242 e. The van der Waals surface area contributed by atoms with E-state index in [4.69, 9.17) is 4.74 Å². The molecule has 5 nitrogen and oxygen atoms in total. The van der Waals surface area contributed by atoms with Crippen LogP contribution in [0, 0.1) is 12.7 Å². The number of benzene rings is 1. The highest BCUT2D eigenvalue weighted by Gasteiger charge is 2.50. The van der Waals surface area contributed by atoms with Gasteiger partial charge in [-0.05, 0) is 68.5 Å². The van der Waals surface area contributed by atoms with Crippen molar-refractivity contribution in [3.63, 3.8) is 0 Å². The second kappa shape index (κ2) is 7.17. The van der Waals surface area contributed by atoms with Gasteiger partial charge in [0.15, 0.2) is 0 Å². The van der Waals surface area contributed by atoms with Crippen LogP contribution in [-0.2, 0) is 4.79 Å². The third-order valence-electron chi connectivity index (χ3n) is 5.95. The summed E-state index contributed by atoms with van der Waals surface area (Å²) in [4.78, 5) is 18.8. The van der Waals surface area contributed by atoms with Gasteiger partial charge in [-0.1, -0.05) is 0 Å². The number of nitrogens with zero attached hydrogens (tertiary/aromatic N) is 2. The molecule has 4 rings (SSSR count). The van der Waals surface area contributed by atoms with Gasteiger partial charge in [0.1, 0.15) is 17.1 Å². The molecule has 3 heterocycles. The Morgan fingerprint density at radius 1 is 1.36 bits per heavy atom. The quantitative estimate of drug-likeness (QED) is 0.876. The second-order valence-corrected chi connectivity index (χ2v) is 7.79. The Morgan fingerprint density at radius 3 is 2.89 bits per heavy atom. The molecule has 1 aromatic carbocycles. The predicted octanol–water partition coefficient (Wildman–Crippen LogP) is 3.62. The molecule has 2 atom stereocenters. The Hall–Kier alpha value is -2.47. The average Bonchev–Trinajstić information content (AvgIpc) is 3.24. The molecule has 2 saturated heterocycles. The summed E-state index contributed by atoms with van der Waals surface area (Å²) in [6, 6.07) is 6.99. The van der Waals surface area contributed by atoms with Crippen LogP contribution in [0.2, 0.25) is 0 Å². The van der Waals surface area contributed by atoms with Crippen molar-refractivity contribution in [1.82, 2.24) is 15.2 Å². The highest BCUT2D eigenvalue weighted by atomic mass is 19.1. The number of pyridine rings is 1. The molecule has 1 amide bonds. The summed E-state index contributed by atoms with van der Waals surface area (Å²) < 4.78 is 20.3. The molecule has 1 spiro atoms. The molecule has 2 aromatic rings. The van der Waals surface area contributed by atoms with Crippen molar-refractivity contribution in [2.75, 3.05) is 20.2 Å². The van der Waals surface area contributed by atoms with E-state index in [2.05, 4.69) is 10.3 Å². The first-order valence-electron chi connectivity index (χ1n) is 9.86. The average molecular weight is 383 g/mol. The van der Waals surface area contributed by atoms with Crippen molar-refractivity contribution in [2.45, 2.75) is 44.7 Å². The molecule has 2 fully saturated rings.